The number of benzene rings is 1. The summed E-state index contributed by atoms with van der Waals surface area (Å²) in [4.78, 5) is 48.4. The van der Waals surface area contributed by atoms with Crippen LogP contribution in [0.1, 0.15) is 58.1 Å². The molecule has 0 aliphatic carbocycles. The van der Waals surface area contributed by atoms with Gasteiger partial charge in [-0.2, -0.15) is 0 Å². The zero-order valence-corrected chi connectivity index (χ0v) is 23.3. The van der Waals surface area contributed by atoms with Crippen LogP contribution in [0.3, 0.4) is 0 Å². The Morgan fingerprint density at radius 1 is 0.897 bits per heavy atom. The summed E-state index contributed by atoms with van der Waals surface area (Å²) in [6.07, 6.45) is 10.8. The zero-order valence-electron chi connectivity index (χ0n) is 23.3. The minimum absolute atomic E-state index is 0.104. The van der Waals surface area contributed by atoms with E-state index >= 15 is 0 Å². The molecule has 2 fully saturated rings. The fourth-order valence-corrected chi connectivity index (χ4v) is 7.18. The van der Waals surface area contributed by atoms with Crippen LogP contribution in [0.5, 0.6) is 0 Å². The average molecular weight is 536 g/mol. The highest BCUT2D eigenvalue weighted by Gasteiger charge is 2.76. The molecule has 0 bridgehead atoms. The van der Waals surface area contributed by atoms with E-state index < -0.39 is 35.1 Å². The van der Waals surface area contributed by atoms with Gasteiger partial charge in [0, 0.05) is 26.2 Å². The molecule has 210 valence electrons. The molecule has 0 radical (unpaired) electrons. The molecule has 1 aromatic carbocycles. The Morgan fingerprint density at radius 3 is 2.23 bits per heavy atom. The number of hydrogen-bond acceptors (Lipinski definition) is 5. The highest BCUT2D eigenvalue weighted by Crippen LogP contribution is 2.59. The van der Waals surface area contributed by atoms with Crippen molar-refractivity contribution in [3.63, 3.8) is 0 Å². The number of hydrogen-bond donors (Lipinski definition) is 1. The molecule has 6 atom stereocenters. The Hall–Kier alpha value is -2.97. The van der Waals surface area contributed by atoms with E-state index in [1.807, 2.05) is 73.4 Å². The standard InChI is InChI=1S/C31H41N3O5/c1-4-7-18-33-20-12-16-31-25(24-27(36)32(17-5-2)19-11-15-30(24,6-3)39-31)28(37)34(26(31)29(33)38)23(21-35)22-13-9-8-10-14-22/h8-16,23-26,35H,4-7,17-21H2,1-3H3/t23-,24-,25+,26?,30+,31+/m1/s1. The zero-order chi connectivity index (χ0) is 27.8. The number of nitrogens with zero attached hydrogens (tertiary/aromatic N) is 3. The summed E-state index contributed by atoms with van der Waals surface area (Å²) in [7, 11) is 0. The lowest BCUT2D eigenvalue weighted by Crippen LogP contribution is -2.57. The molecule has 0 aromatic heterocycles. The molecule has 0 saturated carbocycles. The molecule has 8 nitrogen and oxygen atoms in total. The van der Waals surface area contributed by atoms with E-state index in [0.717, 1.165) is 24.8 Å². The van der Waals surface area contributed by atoms with E-state index in [1.54, 1.807) is 9.80 Å². The van der Waals surface area contributed by atoms with E-state index in [9.17, 15) is 19.5 Å². The lowest BCUT2D eigenvalue weighted by Gasteiger charge is -2.41. The van der Waals surface area contributed by atoms with Gasteiger partial charge in [0.1, 0.15) is 11.6 Å². The van der Waals surface area contributed by atoms with Crippen LogP contribution in [-0.4, -0.2) is 87.6 Å². The lowest BCUT2D eigenvalue weighted by atomic mass is 9.73. The second kappa shape index (κ2) is 10.9. The van der Waals surface area contributed by atoms with Gasteiger partial charge in [-0.25, -0.2) is 0 Å². The Bertz CT molecular complexity index is 1150. The second-order valence-electron chi connectivity index (χ2n) is 11.2. The van der Waals surface area contributed by atoms with Crippen LogP contribution < -0.4 is 0 Å². The van der Waals surface area contributed by atoms with Crippen molar-refractivity contribution < 1.29 is 24.2 Å². The second-order valence-corrected chi connectivity index (χ2v) is 11.2. The summed E-state index contributed by atoms with van der Waals surface area (Å²) < 4.78 is 7.02. The SMILES string of the molecule is CCCCN1CC=C[C@]23O[C@@]4(CC)C=CCN(CCC)C(=O)[C@H]4[C@H]2C(=O)N([C@H](CO)c2ccccc2)C3C1=O. The summed E-state index contributed by atoms with van der Waals surface area (Å²) in [5, 5.41) is 10.6. The number of carbonyl (C=O) groups excluding carboxylic acids is 3. The molecule has 5 rings (SSSR count). The molecule has 1 spiro atoms. The van der Waals surface area contributed by atoms with Crippen LogP contribution >= 0.6 is 0 Å². The maximum absolute atomic E-state index is 14.7. The van der Waals surface area contributed by atoms with E-state index in [4.69, 9.17) is 4.74 Å². The Kier molecular flexibility index (Phi) is 7.71. The molecule has 4 aliphatic heterocycles. The maximum atomic E-state index is 14.7. The summed E-state index contributed by atoms with van der Waals surface area (Å²) in [5.74, 6) is -2.24. The van der Waals surface area contributed by atoms with Crippen molar-refractivity contribution in [1.82, 2.24) is 14.7 Å². The number of likely N-dealkylation sites (tertiary alicyclic amines) is 1. The van der Waals surface area contributed by atoms with Crippen LogP contribution in [-0.2, 0) is 19.1 Å². The van der Waals surface area contributed by atoms with Crippen LogP contribution in [0.2, 0.25) is 0 Å². The number of rotatable bonds is 9. The Balaban J connectivity index is 1.69. The van der Waals surface area contributed by atoms with E-state index in [1.165, 1.54) is 0 Å². The van der Waals surface area contributed by atoms with Gasteiger partial charge in [-0.1, -0.05) is 81.8 Å². The first-order valence-electron chi connectivity index (χ1n) is 14.5. The average Bonchev–Trinajstić information content (AvgIpc) is 3.25. The van der Waals surface area contributed by atoms with Crippen molar-refractivity contribution in [2.24, 2.45) is 11.8 Å². The fourth-order valence-electron chi connectivity index (χ4n) is 7.18. The van der Waals surface area contributed by atoms with Gasteiger partial charge < -0.3 is 24.5 Å². The molecule has 3 amide bonds. The molecule has 2 saturated heterocycles. The van der Waals surface area contributed by atoms with Crippen LogP contribution in [0.15, 0.2) is 54.6 Å². The van der Waals surface area contributed by atoms with Crippen molar-refractivity contribution in [2.45, 2.75) is 69.7 Å². The van der Waals surface area contributed by atoms with Crippen molar-refractivity contribution in [3.8, 4) is 0 Å². The Labute approximate surface area is 231 Å². The molecule has 1 N–H and O–H groups in total. The van der Waals surface area contributed by atoms with Gasteiger partial charge in [0.15, 0.2) is 0 Å². The fraction of sp³-hybridized carbons (Fsp3) is 0.581. The third-order valence-electron chi connectivity index (χ3n) is 9.01. The van der Waals surface area contributed by atoms with Gasteiger partial charge in [-0.15, -0.1) is 0 Å². The third-order valence-corrected chi connectivity index (χ3v) is 9.01. The van der Waals surface area contributed by atoms with Crippen LogP contribution in [0, 0.1) is 11.8 Å². The van der Waals surface area contributed by atoms with E-state index in [0.29, 0.717) is 32.6 Å². The summed E-state index contributed by atoms with van der Waals surface area (Å²) in [5.41, 5.74) is -1.56. The summed E-state index contributed by atoms with van der Waals surface area (Å²) in [6.45, 7) is 7.78. The number of aliphatic hydroxyl groups is 1. The van der Waals surface area contributed by atoms with Gasteiger partial charge in [-0.3, -0.25) is 14.4 Å². The molecule has 4 heterocycles. The molecule has 39 heavy (non-hydrogen) atoms. The normalized spacial score (nSPS) is 32.7. The molecule has 1 aromatic rings. The van der Waals surface area contributed by atoms with E-state index in [2.05, 4.69) is 6.92 Å². The predicted octanol–water partition coefficient (Wildman–Crippen LogP) is 3.09. The Morgan fingerprint density at radius 2 is 1.59 bits per heavy atom. The van der Waals surface area contributed by atoms with Crippen molar-refractivity contribution in [1.29, 1.82) is 0 Å². The summed E-state index contributed by atoms with van der Waals surface area (Å²) in [6, 6.07) is 7.60. The number of aliphatic hydroxyl groups excluding tert-OH is 1. The predicted molar refractivity (Wildman–Crippen MR) is 147 cm³/mol. The molecule has 8 heteroatoms. The van der Waals surface area contributed by atoms with Gasteiger partial charge >= 0.3 is 0 Å². The minimum Gasteiger partial charge on any atom is -0.394 e. The van der Waals surface area contributed by atoms with Gasteiger partial charge in [0.05, 0.1) is 30.1 Å². The highest BCUT2D eigenvalue weighted by molar-refractivity contribution is 6.00. The van der Waals surface area contributed by atoms with E-state index in [-0.39, 0.29) is 24.3 Å². The molecule has 4 aliphatic rings. The van der Waals surface area contributed by atoms with Crippen molar-refractivity contribution >= 4 is 17.7 Å². The number of fused-ring (bicyclic) bond motifs is 2. The lowest BCUT2D eigenvalue weighted by molar-refractivity contribution is -0.157. The molecular weight excluding hydrogens is 494 g/mol. The number of ether oxygens (including phenoxy) is 1. The maximum Gasteiger partial charge on any atom is 0.249 e. The number of amides is 3. The first kappa shape index (κ1) is 27.6. The topological polar surface area (TPSA) is 90.4 Å². The number of carbonyl (C=O) groups is 3. The van der Waals surface area contributed by atoms with Gasteiger partial charge in [-0.05, 0) is 24.8 Å². The largest absolute Gasteiger partial charge is 0.394 e. The number of unbranched alkanes of at least 4 members (excludes halogenated alkanes) is 1. The summed E-state index contributed by atoms with van der Waals surface area (Å²) >= 11 is 0. The van der Waals surface area contributed by atoms with Crippen LogP contribution in [0.25, 0.3) is 0 Å². The first-order chi connectivity index (χ1) is 18.9. The smallest absolute Gasteiger partial charge is 0.249 e. The minimum atomic E-state index is -1.31. The van der Waals surface area contributed by atoms with Gasteiger partial charge in [0.25, 0.3) is 0 Å². The van der Waals surface area contributed by atoms with Crippen LogP contribution in [0.4, 0.5) is 0 Å². The quantitative estimate of drug-likeness (QED) is 0.491. The molecular formula is C31H41N3O5. The van der Waals surface area contributed by atoms with Gasteiger partial charge in [0.2, 0.25) is 17.7 Å². The third kappa shape index (κ3) is 4.23. The monoisotopic (exact) mass is 535 g/mol. The first-order valence-corrected chi connectivity index (χ1v) is 14.5. The molecule has 1 unspecified atom stereocenters. The van der Waals surface area contributed by atoms with Crippen molar-refractivity contribution in [2.75, 3.05) is 32.8 Å². The highest BCUT2D eigenvalue weighted by atomic mass is 16.5. The van der Waals surface area contributed by atoms with Crippen molar-refractivity contribution in [3.05, 3.63) is 60.2 Å².